The highest BCUT2D eigenvalue weighted by Gasteiger charge is 2.52. The van der Waals surface area contributed by atoms with Crippen molar-refractivity contribution in [2.45, 2.75) is 42.7 Å². The fourth-order valence-corrected chi connectivity index (χ4v) is 1.78. The lowest BCUT2D eigenvalue weighted by Gasteiger charge is -2.43. The minimum absolute atomic E-state index is 0.310. The lowest BCUT2D eigenvalue weighted by atomic mass is 9.89. The number of nitrogens with two attached hydrogens (primary N) is 2. The maximum absolute atomic E-state index is 10.8. The Bertz CT molecular complexity index is 315. The molecular weight excluding hydrogens is 248 g/mol. The predicted molar refractivity (Wildman–Crippen MR) is 57.1 cm³/mol. The lowest BCUT2D eigenvalue weighted by molar-refractivity contribution is -0.291. The van der Waals surface area contributed by atoms with Gasteiger partial charge >= 0.3 is 5.97 Å². The Morgan fingerprint density at radius 1 is 1.50 bits per heavy atom. The quantitative estimate of drug-likeness (QED) is 0.266. The van der Waals surface area contributed by atoms with Gasteiger partial charge in [0.15, 0.2) is 0 Å². The van der Waals surface area contributed by atoms with Gasteiger partial charge in [-0.25, -0.2) is 4.79 Å². The summed E-state index contributed by atoms with van der Waals surface area (Å²) >= 11 is 0. The molecule has 0 amide bonds. The van der Waals surface area contributed by atoms with Gasteiger partial charge in [-0.05, 0) is 0 Å². The van der Waals surface area contributed by atoms with Crippen LogP contribution in [0.3, 0.4) is 0 Å². The number of ether oxygens (including phenoxy) is 1. The first-order valence-electron chi connectivity index (χ1n) is 5.36. The number of carboxylic acid groups (broad SMARTS) is 1. The summed E-state index contributed by atoms with van der Waals surface area (Å²) in [7, 11) is 0. The van der Waals surface area contributed by atoms with E-state index in [-0.39, 0.29) is 6.54 Å². The SMILES string of the molecule is NC[C@@H](O)[C@@H](O)C1O[C@@](O)(C(=O)O)C[C@@H](O)[C@H]1N. The van der Waals surface area contributed by atoms with Crippen molar-refractivity contribution < 1.29 is 35.1 Å². The molecule has 0 saturated carbocycles. The average Bonchev–Trinajstić information content (AvgIpc) is 2.31. The molecule has 1 unspecified atom stereocenters. The van der Waals surface area contributed by atoms with E-state index < -0.39 is 48.6 Å². The van der Waals surface area contributed by atoms with Crippen LogP contribution in [0.4, 0.5) is 0 Å². The molecule has 106 valence electrons. The fraction of sp³-hybridized carbons (Fsp3) is 0.889. The number of carbonyl (C=O) groups is 1. The Morgan fingerprint density at radius 2 is 2.06 bits per heavy atom. The van der Waals surface area contributed by atoms with Crippen LogP contribution < -0.4 is 11.5 Å². The topological polar surface area (TPSA) is 179 Å². The second kappa shape index (κ2) is 5.45. The van der Waals surface area contributed by atoms with Crippen molar-refractivity contribution in [2.75, 3.05) is 6.54 Å². The Hall–Kier alpha value is -0.810. The van der Waals surface area contributed by atoms with Crippen LogP contribution >= 0.6 is 0 Å². The molecule has 0 aromatic rings. The predicted octanol–water partition coefficient (Wildman–Crippen LogP) is -4.08. The normalized spacial score (nSPS) is 40.2. The van der Waals surface area contributed by atoms with Gasteiger partial charge in [-0.2, -0.15) is 0 Å². The second-order valence-electron chi connectivity index (χ2n) is 4.31. The summed E-state index contributed by atoms with van der Waals surface area (Å²) in [5.41, 5.74) is 10.7. The average molecular weight is 266 g/mol. The van der Waals surface area contributed by atoms with Crippen molar-refractivity contribution in [3.05, 3.63) is 0 Å². The highest BCUT2D eigenvalue weighted by atomic mass is 16.7. The molecule has 0 aromatic carbocycles. The van der Waals surface area contributed by atoms with Gasteiger partial charge in [0.1, 0.15) is 12.2 Å². The number of aliphatic hydroxyl groups excluding tert-OH is 3. The van der Waals surface area contributed by atoms with Crippen LogP contribution in [0.5, 0.6) is 0 Å². The van der Waals surface area contributed by atoms with E-state index in [2.05, 4.69) is 0 Å². The first kappa shape index (κ1) is 15.2. The van der Waals surface area contributed by atoms with Crippen molar-refractivity contribution in [1.29, 1.82) is 0 Å². The maximum atomic E-state index is 10.8. The summed E-state index contributed by atoms with van der Waals surface area (Å²) < 4.78 is 4.81. The molecule has 6 atom stereocenters. The van der Waals surface area contributed by atoms with Crippen LogP contribution in [0.1, 0.15) is 6.42 Å². The molecule has 0 aliphatic carbocycles. The van der Waals surface area contributed by atoms with Crippen LogP contribution in [0.15, 0.2) is 0 Å². The smallest absolute Gasteiger partial charge is 0.364 e. The fourth-order valence-electron chi connectivity index (χ4n) is 1.78. The number of hydrogen-bond donors (Lipinski definition) is 7. The highest BCUT2D eigenvalue weighted by molar-refractivity contribution is 5.75. The molecular formula is C9H18N2O7. The van der Waals surface area contributed by atoms with E-state index in [0.717, 1.165) is 0 Å². The van der Waals surface area contributed by atoms with E-state index in [1.54, 1.807) is 0 Å². The molecule has 1 aliphatic heterocycles. The number of aliphatic hydroxyl groups is 4. The standard InChI is InChI=1S/C9H18N2O7/c10-2-4(13)6(14)7-5(11)3(12)1-9(17,18-7)8(15)16/h3-7,12-14,17H,1-2,10-11H2,(H,15,16)/t3-,4-,5-,6-,7?,9-/m1/s1. The summed E-state index contributed by atoms with van der Waals surface area (Å²) in [6.45, 7) is -0.310. The van der Waals surface area contributed by atoms with Gasteiger partial charge in [0.2, 0.25) is 0 Å². The highest BCUT2D eigenvalue weighted by Crippen LogP contribution is 2.29. The van der Waals surface area contributed by atoms with Crippen LogP contribution in [-0.4, -0.2) is 74.3 Å². The summed E-state index contributed by atoms with van der Waals surface area (Å²) in [5.74, 6) is -4.37. The number of hydrogen-bond acceptors (Lipinski definition) is 8. The molecule has 1 heterocycles. The van der Waals surface area contributed by atoms with Gasteiger partial charge in [-0.3, -0.25) is 0 Å². The van der Waals surface area contributed by atoms with Crippen molar-refractivity contribution in [1.82, 2.24) is 0 Å². The van der Waals surface area contributed by atoms with Crippen LogP contribution in [0.25, 0.3) is 0 Å². The molecule has 0 spiro atoms. The molecule has 9 heteroatoms. The third-order valence-electron chi connectivity index (χ3n) is 2.95. The van der Waals surface area contributed by atoms with E-state index in [1.807, 2.05) is 0 Å². The monoisotopic (exact) mass is 266 g/mol. The van der Waals surface area contributed by atoms with Gasteiger partial charge in [0.25, 0.3) is 5.79 Å². The maximum Gasteiger partial charge on any atom is 0.364 e. The summed E-state index contributed by atoms with van der Waals surface area (Å²) in [6.07, 6.45) is -6.51. The minimum atomic E-state index is -2.66. The first-order chi connectivity index (χ1) is 8.23. The molecule has 0 aromatic heterocycles. The Morgan fingerprint density at radius 3 is 2.50 bits per heavy atom. The Balaban J connectivity index is 2.92. The largest absolute Gasteiger partial charge is 0.477 e. The van der Waals surface area contributed by atoms with Crippen molar-refractivity contribution in [2.24, 2.45) is 11.5 Å². The molecule has 9 N–H and O–H groups in total. The van der Waals surface area contributed by atoms with Gasteiger partial charge in [0.05, 0.1) is 18.2 Å². The van der Waals surface area contributed by atoms with Gasteiger partial charge in [-0.15, -0.1) is 0 Å². The Kier molecular flexibility index (Phi) is 4.61. The summed E-state index contributed by atoms with van der Waals surface area (Å²) in [6, 6.07) is -1.15. The molecule has 0 radical (unpaired) electrons. The molecule has 18 heavy (non-hydrogen) atoms. The lowest BCUT2D eigenvalue weighted by Crippen LogP contribution is -2.65. The van der Waals surface area contributed by atoms with Crippen LogP contribution in [0.2, 0.25) is 0 Å². The molecule has 0 bridgehead atoms. The zero-order chi connectivity index (χ0) is 14.1. The first-order valence-corrected chi connectivity index (χ1v) is 5.36. The van der Waals surface area contributed by atoms with E-state index in [4.69, 9.17) is 21.3 Å². The van der Waals surface area contributed by atoms with E-state index in [1.165, 1.54) is 0 Å². The number of rotatable bonds is 4. The zero-order valence-corrected chi connectivity index (χ0v) is 9.51. The van der Waals surface area contributed by atoms with Gasteiger partial charge in [0, 0.05) is 13.0 Å². The van der Waals surface area contributed by atoms with E-state index >= 15 is 0 Å². The van der Waals surface area contributed by atoms with E-state index in [0.29, 0.717) is 0 Å². The molecule has 1 saturated heterocycles. The number of carboxylic acids is 1. The van der Waals surface area contributed by atoms with Crippen molar-refractivity contribution >= 4 is 5.97 Å². The summed E-state index contributed by atoms with van der Waals surface area (Å²) in [4.78, 5) is 10.8. The molecule has 1 aliphatic rings. The van der Waals surface area contributed by atoms with E-state index in [9.17, 15) is 25.2 Å². The van der Waals surface area contributed by atoms with Crippen LogP contribution in [-0.2, 0) is 9.53 Å². The van der Waals surface area contributed by atoms with Crippen LogP contribution in [0, 0.1) is 0 Å². The molecule has 1 rings (SSSR count). The minimum Gasteiger partial charge on any atom is -0.477 e. The molecule has 9 nitrogen and oxygen atoms in total. The van der Waals surface area contributed by atoms with Gasteiger partial charge in [-0.1, -0.05) is 0 Å². The third kappa shape index (κ3) is 2.78. The number of aliphatic carboxylic acids is 1. The second-order valence-corrected chi connectivity index (χ2v) is 4.31. The Labute approximate surface area is 103 Å². The van der Waals surface area contributed by atoms with Gasteiger partial charge < -0.3 is 41.7 Å². The van der Waals surface area contributed by atoms with Crippen molar-refractivity contribution in [3.8, 4) is 0 Å². The van der Waals surface area contributed by atoms with Crippen molar-refractivity contribution in [3.63, 3.8) is 0 Å². The zero-order valence-electron chi connectivity index (χ0n) is 9.51. The summed E-state index contributed by atoms with van der Waals surface area (Å²) in [5, 5.41) is 47.1. The molecule has 1 fully saturated rings. The third-order valence-corrected chi connectivity index (χ3v) is 2.95.